The summed E-state index contributed by atoms with van der Waals surface area (Å²) in [5, 5.41) is 12.2. The lowest BCUT2D eigenvalue weighted by Crippen LogP contribution is -2.15. The van der Waals surface area contributed by atoms with Crippen molar-refractivity contribution in [3.05, 3.63) is 76.3 Å². The quantitative estimate of drug-likeness (QED) is 0.322. The number of amides is 1. The third-order valence-electron chi connectivity index (χ3n) is 4.14. The van der Waals surface area contributed by atoms with E-state index >= 15 is 0 Å². The van der Waals surface area contributed by atoms with E-state index in [1.54, 1.807) is 18.2 Å². The van der Waals surface area contributed by atoms with Crippen LogP contribution in [-0.4, -0.2) is 26.4 Å². The SMILES string of the molecule is C=CCn1c(COc2ccc(Cl)c(C)c2)nnc1SCC(=O)Nc1ccc(F)c(Cl)c1. The summed E-state index contributed by atoms with van der Waals surface area (Å²) in [7, 11) is 0. The molecule has 0 unspecified atom stereocenters. The Bertz CT molecular complexity index is 1110. The molecule has 3 rings (SSSR count). The number of nitrogens with one attached hydrogen (secondary N) is 1. The van der Waals surface area contributed by atoms with Crippen LogP contribution in [0, 0.1) is 12.7 Å². The van der Waals surface area contributed by atoms with Crippen molar-refractivity contribution in [2.75, 3.05) is 11.1 Å². The Morgan fingerprint density at radius 2 is 2.06 bits per heavy atom. The summed E-state index contributed by atoms with van der Waals surface area (Å²) < 4.78 is 20.9. The van der Waals surface area contributed by atoms with Gasteiger partial charge in [0.1, 0.15) is 18.2 Å². The van der Waals surface area contributed by atoms with E-state index in [1.165, 1.54) is 30.0 Å². The summed E-state index contributed by atoms with van der Waals surface area (Å²) in [6.45, 7) is 6.32. The molecule has 0 fully saturated rings. The van der Waals surface area contributed by atoms with Gasteiger partial charge in [0.05, 0.1) is 10.8 Å². The maximum atomic E-state index is 13.2. The molecule has 0 aliphatic heterocycles. The summed E-state index contributed by atoms with van der Waals surface area (Å²) in [4.78, 5) is 12.2. The molecule has 6 nitrogen and oxygen atoms in total. The molecule has 1 N–H and O–H groups in total. The van der Waals surface area contributed by atoms with Crippen LogP contribution in [0.2, 0.25) is 10.0 Å². The first-order valence-corrected chi connectivity index (χ1v) is 10.9. The largest absolute Gasteiger partial charge is 0.486 e. The molecule has 0 aliphatic rings. The van der Waals surface area contributed by atoms with E-state index in [9.17, 15) is 9.18 Å². The van der Waals surface area contributed by atoms with Gasteiger partial charge in [-0.05, 0) is 48.9 Å². The van der Waals surface area contributed by atoms with Crippen LogP contribution in [0.15, 0.2) is 54.2 Å². The summed E-state index contributed by atoms with van der Waals surface area (Å²) in [5.74, 6) is 0.522. The van der Waals surface area contributed by atoms with Crippen molar-refractivity contribution in [1.82, 2.24) is 14.8 Å². The molecule has 3 aromatic rings. The molecule has 10 heteroatoms. The lowest BCUT2D eigenvalue weighted by atomic mass is 10.2. The number of benzene rings is 2. The van der Waals surface area contributed by atoms with Crippen molar-refractivity contribution in [2.45, 2.75) is 25.2 Å². The summed E-state index contributed by atoms with van der Waals surface area (Å²) in [5.41, 5.74) is 1.33. The fourth-order valence-electron chi connectivity index (χ4n) is 2.60. The second-order valence-corrected chi connectivity index (χ2v) is 8.22. The molecule has 31 heavy (non-hydrogen) atoms. The highest BCUT2D eigenvalue weighted by Gasteiger charge is 2.15. The van der Waals surface area contributed by atoms with Gasteiger partial charge in [0, 0.05) is 17.3 Å². The van der Waals surface area contributed by atoms with Crippen molar-refractivity contribution in [1.29, 1.82) is 0 Å². The summed E-state index contributed by atoms with van der Waals surface area (Å²) in [6.07, 6.45) is 1.71. The van der Waals surface area contributed by atoms with Crippen LogP contribution in [0.1, 0.15) is 11.4 Å². The van der Waals surface area contributed by atoms with Gasteiger partial charge in [-0.25, -0.2) is 4.39 Å². The Morgan fingerprint density at radius 1 is 1.26 bits per heavy atom. The van der Waals surface area contributed by atoms with Crippen LogP contribution in [0.5, 0.6) is 5.75 Å². The zero-order valence-electron chi connectivity index (χ0n) is 16.6. The topological polar surface area (TPSA) is 69.0 Å². The van der Waals surface area contributed by atoms with E-state index in [2.05, 4.69) is 22.1 Å². The molecule has 0 aliphatic carbocycles. The minimum absolute atomic E-state index is 0.0586. The van der Waals surface area contributed by atoms with Gasteiger partial charge in [0.15, 0.2) is 11.0 Å². The Hall–Kier alpha value is -2.55. The van der Waals surface area contributed by atoms with Gasteiger partial charge in [0.25, 0.3) is 0 Å². The molecule has 0 bridgehead atoms. The molecular weight excluding hydrogens is 462 g/mol. The van der Waals surface area contributed by atoms with Gasteiger partial charge in [-0.2, -0.15) is 0 Å². The molecule has 0 atom stereocenters. The number of hydrogen-bond acceptors (Lipinski definition) is 5. The molecular formula is C21H19Cl2FN4O2S. The van der Waals surface area contributed by atoms with E-state index in [0.717, 1.165) is 5.56 Å². The molecule has 1 heterocycles. The molecule has 162 valence electrons. The van der Waals surface area contributed by atoms with Crippen LogP contribution in [0.3, 0.4) is 0 Å². The number of aromatic nitrogens is 3. The maximum absolute atomic E-state index is 13.2. The smallest absolute Gasteiger partial charge is 0.234 e. The molecule has 0 spiro atoms. The third-order valence-corrected chi connectivity index (χ3v) is 5.82. The first-order chi connectivity index (χ1) is 14.9. The van der Waals surface area contributed by atoms with E-state index < -0.39 is 5.82 Å². The number of carbonyl (C=O) groups is 1. The Kier molecular flexibility index (Phi) is 7.95. The van der Waals surface area contributed by atoms with Crippen molar-refractivity contribution >= 4 is 46.6 Å². The van der Waals surface area contributed by atoms with Gasteiger partial charge in [0.2, 0.25) is 5.91 Å². The predicted molar refractivity (Wildman–Crippen MR) is 122 cm³/mol. The number of nitrogens with zero attached hydrogens (tertiary/aromatic N) is 3. The highest BCUT2D eigenvalue weighted by molar-refractivity contribution is 7.99. The minimum Gasteiger partial charge on any atom is -0.486 e. The number of allylic oxidation sites excluding steroid dienone is 1. The summed E-state index contributed by atoms with van der Waals surface area (Å²) in [6, 6.07) is 9.39. The number of halogens is 3. The van der Waals surface area contributed by atoms with Crippen molar-refractivity contribution in [2.24, 2.45) is 0 Å². The van der Waals surface area contributed by atoms with Crippen LogP contribution < -0.4 is 10.1 Å². The minimum atomic E-state index is -0.546. The number of hydrogen-bond donors (Lipinski definition) is 1. The van der Waals surface area contributed by atoms with E-state index in [0.29, 0.717) is 34.0 Å². The molecule has 2 aromatic carbocycles. The van der Waals surface area contributed by atoms with Gasteiger partial charge in [-0.1, -0.05) is 41.0 Å². The molecule has 1 aromatic heterocycles. The third kappa shape index (κ3) is 6.22. The highest BCUT2D eigenvalue weighted by atomic mass is 35.5. The fourth-order valence-corrected chi connectivity index (χ4v) is 3.67. The normalized spacial score (nSPS) is 10.7. The highest BCUT2D eigenvalue weighted by Crippen LogP contribution is 2.23. The van der Waals surface area contributed by atoms with Crippen LogP contribution in [0.25, 0.3) is 0 Å². The number of aryl methyl sites for hydroxylation is 1. The van der Waals surface area contributed by atoms with Crippen LogP contribution in [-0.2, 0) is 17.9 Å². The van der Waals surface area contributed by atoms with Gasteiger partial charge < -0.3 is 10.1 Å². The lowest BCUT2D eigenvalue weighted by Gasteiger charge is -2.10. The second kappa shape index (κ2) is 10.7. The lowest BCUT2D eigenvalue weighted by molar-refractivity contribution is -0.113. The average Bonchev–Trinajstić information content (AvgIpc) is 3.12. The first-order valence-electron chi connectivity index (χ1n) is 9.17. The van der Waals surface area contributed by atoms with Crippen LogP contribution in [0.4, 0.5) is 10.1 Å². The number of anilines is 1. The zero-order valence-corrected chi connectivity index (χ0v) is 18.9. The van der Waals surface area contributed by atoms with E-state index in [-0.39, 0.29) is 23.3 Å². The maximum Gasteiger partial charge on any atom is 0.234 e. The Labute approximate surface area is 193 Å². The van der Waals surface area contributed by atoms with Gasteiger partial charge >= 0.3 is 0 Å². The number of carbonyl (C=O) groups excluding carboxylic acids is 1. The standard InChI is InChI=1S/C21H19Cl2FN4O2S/c1-3-8-28-19(11-30-15-5-6-16(22)13(2)9-15)26-27-21(28)31-12-20(29)25-14-4-7-18(24)17(23)10-14/h3-7,9-10H,1,8,11-12H2,2H3,(H,25,29). The van der Waals surface area contributed by atoms with Crippen molar-refractivity contribution < 1.29 is 13.9 Å². The molecule has 0 radical (unpaired) electrons. The monoisotopic (exact) mass is 480 g/mol. The molecule has 0 saturated carbocycles. The Morgan fingerprint density at radius 3 is 2.77 bits per heavy atom. The zero-order chi connectivity index (χ0) is 22.4. The van der Waals surface area contributed by atoms with E-state index in [1.807, 2.05) is 17.6 Å². The number of ether oxygens (including phenoxy) is 1. The predicted octanol–water partition coefficient (Wildman–Crippen LogP) is 5.53. The molecule has 1 amide bonds. The summed E-state index contributed by atoms with van der Waals surface area (Å²) >= 11 is 13.0. The van der Waals surface area contributed by atoms with Gasteiger partial charge in [-0.15, -0.1) is 16.8 Å². The van der Waals surface area contributed by atoms with Crippen LogP contribution >= 0.6 is 35.0 Å². The van der Waals surface area contributed by atoms with Crippen molar-refractivity contribution in [3.63, 3.8) is 0 Å². The van der Waals surface area contributed by atoms with E-state index in [4.69, 9.17) is 27.9 Å². The number of rotatable bonds is 9. The molecule has 0 saturated heterocycles. The Balaban J connectivity index is 1.62. The van der Waals surface area contributed by atoms with Gasteiger partial charge in [-0.3, -0.25) is 9.36 Å². The van der Waals surface area contributed by atoms with Crippen molar-refractivity contribution in [3.8, 4) is 5.75 Å². The first kappa shape index (κ1) is 23.1. The second-order valence-electron chi connectivity index (χ2n) is 6.46. The average molecular weight is 481 g/mol. The number of thioether (sulfide) groups is 1. The fraction of sp³-hybridized carbons (Fsp3) is 0.190.